The number of aromatic nitrogens is 2. The summed E-state index contributed by atoms with van der Waals surface area (Å²) in [5, 5.41) is 0.134. The first-order valence-electron chi connectivity index (χ1n) is 4.06. The highest BCUT2D eigenvalue weighted by Gasteiger charge is 2.03. The average Bonchev–Trinajstić information content (AvgIpc) is 2.04. The zero-order valence-corrected chi connectivity index (χ0v) is 8.34. The Morgan fingerprint density at radius 2 is 1.62 bits per heavy atom. The molecular formula is C8H11ClN2O2. The molecule has 0 bridgehead atoms. The molecule has 1 aromatic heterocycles. The fraction of sp³-hybridized carbons (Fsp3) is 0.500. The van der Waals surface area contributed by atoms with Crippen molar-refractivity contribution in [3.63, 3.8) is 0 Å². The average molecular weight is 203 g/mol. The number of nitrogens with zero attached hydrogens (tertiary/aromatic N) is 2. The number of ether oxygens (including phenoxy) is 2. The predicted octanol–water partition coefficient (Wildman–Crippen LogP) is 1.93. The van der Waals surface area contributed by atoms with E-state index in [1.54, 1.807) is 6.07 Å². The standard InChI is InChI=1S/C8H11ClN2O2/c1-3-12-6-5-7(13-4-2)11-8(9)10-6/h5H,3-4H2,1-2H3. The summed E-state index contributed by atoms with van der Waals surface area (Å²) in [6, 6.07) is 1.61. The van der Waals surface area contributed by atoms with Crippen LogP contribution in [0.3, 0.4) is 0 Å². The van der Waals surface area contributed by atoms with Gasteiger partial charge in [-0.25, -0.2) is 0 Å². The molecule has 0 spiro atoms. The highest BCUT2D eigenvalue weighted by molar-refractivity contribution is 6.28. The number of hydrogen-bond acceptors (Lipinski definition) is 4. The summed E-state index contributed by atoms with van der Waals surface area (Å²) < 4.78 is 10.3. The van der Waals surface area contributed by atoms with Crippen molar-refractivity contribution < 1.29 is 9.47 Å². The van der Waals surface area contributed by atoms with E-state index >= 15 is 0 Å². The molecule has 5 heteroatoms. The van der Waals surface area contributed by atoms with Crippen LogP contribution in [0.2, 0.25) is 5.28 Å². The summed E-state index contributed by atoms with van der Waals surface area (Å²) in [5.41, 5.74) is 0. The van der Waals surface area contributed by atoms with Gasteiger partial charge < -0.3 is 9.47 Å². The summed E-state index contributed by atoms with van der Waals surface area (Å²) in [6.07, 6.45) is 0. The minimum absolute atomic E-state index is 0.134. The smallest absolute Gasteiger partial charge is 0.228 e. The molecular weight excluding hydrogens is 192 g/mol. The quantitative estimate of drug-likeness (QED) is 0.700. The zero-order valence-electron chi connectivity index (χ0n) is 7.58. The van der Waals surface area contributed by atoms with Crippen LogP contribution < -0.4 is 9.47 Å². The predicted molar refractivity (Wildman–Crippen MR) is 49.4 cm³/mol. The molecule has 1 heterocycles. The first kappa shape index (κ1) is 10.1. The maximum Gasteiger partial charge on any atom is 0.228 e. The second-order valence-electron chi connectivity index (χ2n) is 2.18. The first-order valence-corrected chi connectivity index (χ1v) is 4.44. The van der Waals surface area contributed by atoms with E-state index in [0.717, 1.165) is 0 Å². The Bertz CT molecular complexity index is 257. The Morgan fingerprint density at radius 1 is 1.15 bits per heavy atom. The lowest BCUT2D eigenvalue weighted by atomic mass is 10.6. The summed E-state index contributed by atoms with van der Waals surface area (Å²) in [4.78, 5) is 7.72. The topological polar surface area (TPSA) is 44.2 Å². The molecule has 1 aromatic rings. The molecule has 0 atom stereocenters. The van der Waals surface area contributed by atoms with E-state index in [1.165, 1.54) is 0 Å². The van der Waals surface area contributed by atoms with Crippen LogP contribution in [0, 0.1) is 0 Å². The summed E-state index contributed by atoms with van der Waals surface area (Å²) in [7, 11) is 0. The van der Waals surface area contributed by atoms with Gasteiger partial charge in [0.25, 0.3) is 0 Å². The summed E-state index contributed by atoms with van der Waals surface area (Å²) in [6.45, 7) is 4.82. The van der Waals surface area contributed by atoms with Crippen LogP contribution in [0.25, 0.3) is 0 Å². The lowest BCUT2D eigenvalue weighted by Crippen LogP contribution is -1.99. The van der Waals surface area contributed by atoms with Crippen molar-refractivity contribution in [1.29, 1.82) is 0 Å². The monoisotopic (exact) mass is 202 g/mol. The van der Waals surface area contributed by atoms with Crippen molar-refractivity contribution in [3.8, 4) is 11.8 Å². The normalized spacial score (nSPS) is 9.77. The van der Waals surface area contributed by atoms with Gasteiger partial charge in [0.1, 0.15) is 0 Å². The van der Waals surface area contributed by atoms with Gasteiger partial charge in [0, 0.05) is 0 Å². The minimum Gasteiger partial charge on any atom is -0.478 e. The van der Waals surface area contributed by atoms with E-state index in [1.807, 2.05) is 13.8 Å². The molecule has 0 aliphatic heterocycles. The van der Waals surface area contributed by atoms with Gasteiger partial charge in [0.2, 0.25) is 17.0 Å². The molecule has 0 radical (unpaired) electrons. The maximum absolute atomic E-state index is 5.64. The van der Waals surface area contributed by atoms with Gasteiger partial charge >= 0.3 is 0 Å². The third-order valence-electron chi connectivity index (χ3n) is 1.24. The van der Waals surface area contributed by atoms with Crippen LogP contribution in [0.1, 0.15) is 13.8 Å². The number of halogens is 1. The van der Waals surface area contributed by atoms with Gasteiger partial charge in [-0.05, 0) is 25.4 Å². The van der Waals surface area contributed by atoms with E-state index in [4.69, 9.17) is 21.1 Å². The number of rotatable bonds is 4. The van der Waals surface area contributed by atoms with Crippen molar-refractivity contribution in [2.24, 2.45) is 0 Å². The lowest BCUT2D eigenvalue weighted by molar-refractivity contribution is 0.305. The summed E-state index contributed by atoms with van der Waals surface area (Å²) in [5.74, 6) is 0.872. The molecule has 0 unspecified atom stereocenters. The Balaban J connectivity index is 2.83. The SMILES string of the molecule is CCOc1cc(OCC)nc(Cl)n1. The Kier molecular flexibility index (Phi) is 3.76. The third kappa shape index (κ3) is 3.06. The zero-order chi connectivity index (χ0) is 9.68. The fourth-order valence-electron chi connectivity index (χ4n) is 0.821. The van der Waals surface area contributed by atoms with Crippen LogP contribution in [0.15, 0.2) is 6.07 Å². The molecule has 0 aromatic carbocycles. The van der Waals surface area contributed by atoms with Crippen molar-refractivity contribution in [2.75, 3.05) is 13.2 Å². The molecule has 72 valence electrons. The van der Waals surface area contributed by atoms with Gasteiger partial charge in [0.05, 0.1) is 19.3 Å². The van der Waals surface area contributed by atoms with Crippen LogP contribution >= 0.6 is 11.6 Å². The van der Waals surface area contributed by atoms with E-state index < -0.39 is 0 Å². The highest BCUT2D eigenvalue weighted by atomic mass is 35.5. The van der Waals surface area contributed by atoms with Crippen LogP contribution in [0.5, 0.6) is 11.8 Å². The molecule has 0 saturated carbocycles. The molecule has 1 rings (SSSR count). The molecule has 0 fully saturated rings. The third-order valence-corrected chi connectivity index (χ3v) is 1.41. The largest absolute Gasteiger partial charge is 0.478 e. The van der Waals surface area contributed by atoms with E-state index in [2.05, 4.69) is 9.97 Å². The lowest BCUT2D eigenvalue weighted by Gasteiger charge is -2.05. The van der Waals surface area contributed by atoms with E-state index in [9.17, 15) is 0 Å². The van der Waals surface area contributed by atoms with Crippen molar-refractivity contribution in [3.05, 3.63) is 11.3 Å². The van der Waals surface area contributed by atoms with E-state index in [-0.39, 0.29) is 5.28 Å². The maximum atomic E-state index is 5.64. The Hall–Kier alpha value is -1.03. The Morgan fingerprint density at radius 3 is 2.00 bits per heavy atom. The van der Waals surface area contributed by atoms with Gasteiger partial charge in [-0.3, -0.25) is 0 Å². The van der Waals surface area contributed by atoms with Crippen molar-refractivity contribution in [2.45, 2.75) is 13.8 Å². The second kappa shape index (κ2) is 4.87. The molecule has 0 aliphatic carbocycles. The number of hydrogen-bond donors (Lipinski definition) is 0. The highest BCUT2D eigenvalue weighted by Crippen LogP contribution is 2.17. The van der Waals surface area contributed by atoms with Gasteiger partial charge in [-0.15, -0.1) is 0 Å². The fourth-order valence-corrected chi connectivity index (χ4v) is 0.987. The van der Waals surface area contributed by atoms with Crippen molar-refractivity contribution >= 4 is 11.6 Å². The molecule has 0 amide bonds. The molecule has 4 nitrogen and oxygen atoms in total. The first-order chi connectivity index (χ1) is 6.26. The van der Waals surface area contributed by atoms with Gasteiger partial charge in [0.15, 0.2) is 0 Å². The Labute approximate surface area is 81.9 Å². The van der Waals surface area contributed by atoms with Crippen LogP contribution in [-0.2, 0) is 0 Å². The molecule has 0 aliphatic rings. The summed E-state index contributed by atoms with van der Waals surface area (Å²) >= 11 is 5.64. The second-order valence-corrected chi connectivity index (χ2v) is 2.52. The molecule has 13 heavy (non-hydrogen) atoms. The van der Waals surface area contributed by atoms with Gasteiger partial charge in [-0.2, -0.15) is 9.97 Å². The minimum atomic E-state index is 0.134. The molecule has 0 saturated heterocycles. The molecule has 0 N–H and O–H groups in total. The van der Waals surface area contributed by atoms with Crippen LogP contribution in [-0.4, -0.2) is 23.2 Å². The van der Waals surface area contributed by atoms with E-state index in [0.29, 0.717) is 25.0 Å². The van der Waals surface area contributed by atoms with Crippen molar-refractivity contribution in [1.82, 2.24) is 9.97 Å². The van der Waals surface area contributed by atoms with Crippen LogP contribution in [0.4, 0.5) is 0 Å². The van der Waals surface area contributed by atoms with Gasteiger partial charge in [-0.1, -0.05) is 0 Å².